The fourth-order valence-corrected chi connectivity index (χ4v) is 0.982. The van der Waals surface area contributed by atoms with Gasteiger partial charge < -0.3 is 4.74 Å². The van der Waals surface area contributed by atoms with Gasteiger partial charge in [0.1, 0.15) is 12.4 Å². The fourth-order valence-electron chi connectivity index (χ4n) is 0.982. The second-order valence-corrected chi connectivity index (χ2v) is 3.28. The van der Waals surface area contributed by atoms with Crippen molar-refractivity contribution in [3.05, 3.63) is 35.6 Å². The van der Waals surface area contributed by atoms with Crippen LogP contribution in [0.3, 0.4) is 0 Å². The summed E-state index contributed by atoms with van der Waals surface area (Å²) in [7, 11) is 0. The van der Waals surface area contributed by atoms with E-state index in [4.69, 9.17) is 0 Å². The zero-order valence-electron chi connectivity index (χ0n) is 8.60. The van der Waals surface area contributed by atoms with Crippen LogP contribution in [-0.4, -0.2) is 18.1 Å². The van der Waals surface area contributed by atoms with Crippen LogP contribution in [0.2, 0.25) is 0 Å². The predicted molar refractivity (Wildman–Crippen MR) is 47.2 cm³/mol. The summed E-state index contributed by atoms with van der Waals surface area (Å²) in [5.74, 6) is -9.04. The molecule has 0 aliphatic carbocycles. The number of alkyl halides is 5. The van der Waals surface area contributed by atoms with Gasteiger partial charge in [0.2, 0.25) is 0 Å². The first kappa shape index (κ1) is 14.3. The van der Waals surface area contributed by atoms with Crippen molar-refractivity contribution in [3.8, 4) is 0 Å². The molecule has 18 heavy (non-hydrogen) atoms. The van der Waals surface area contributed by atoms with Crippen molar-refractivity contribution >= 4 is 5.97 Å². The molecule has 0 unspecified atom stereocenters. The number of ether oxygens (including phenoxy) is 1. The lowest BCUT2D eigenvalue weighted by atomic mass is 10.2. The predicted octanol–water partition coefficient (Wildman–Crippen LogP) is 3.07. The number of carbonyl (C=O) groups excluding carboxylic acids is 1. The van der Waals surface area contributed by atoms with E-state index in [0.717, 1.165) is 12.1 Å². The third-order valence-corrected chi connectivity index (χ3v) is 1.87. The van der Waals surface area contributed by atoms with Crippen molar-refractivity contribution in [1.29, 1.82) is 0 Å². The molecule has 0 radical (unpaired) electrons. The monoisotopic (exact) mass is 272 g/mol. The Morgan fingerprint density at radius 3 is 2.28 bits per heavy atom. The Labute approximate surface area is 97.2 Å². The molecule has 0 fully saturated rings. The van der Waals surface area contributed by atoms with E-state index in [2.05, 4.69) is 4.74 Å². The first-order chi connectivity index (χ1) is 8.14. The van der Waals surface area contributed by atoms with Crippen molar-refractivity contribution in [2.24, 2.45) is 0 Å². The molecule has 0 saturated heterocycles. The second kappa shape index (κ2) is 4.87. The van der Waals surface area contributed by atoms with Crippen molar-refractivity contribution in [2.45, 2.75) is 18.7 Å². The van der Waals surface area contributed by atoms with Gasteiger partial charge >= 0.3 is 18.1 Å². The van der Waals surface area contributed by atoms with Crippen LogP contribution >= 0.6 is 0 Å². The first-order valence-corrected chi connectivity index (χ1v) is 4.51. The summed E-state index contributed by atoms with van der Waals surface area (Å²) in [4.78, 5) is 10.6. The SMILES string of the molecule is O=C(OCc1cccc(F)c1)C(F)(F)C(F)(F)F. The average Bonchev–Trinajstić information content (AvgIpc) is 2.24. The molecular formula is C10H6F6O2. The molecule has 0 aliphatic rings. The summed E-state index contributed by atoms with van der Waals surface area (Å²) in [6, 6.07) is 4.29. The summed E-state index contributed by atoms with van der Waals surface area (Å²) < 4.78 is 76.6. The van der Waals surface area contributed by atoms with Crippen LogP contribution < -0.4 is 0 Å². The number of benzene rings is 1. The molecule has 0 aliphatic heterocycles. The number of carbonyl (C=O) groups is 1. The third kappa shape index (κ3) is 3.14. The summed E-state index contributed by atoms with van der Waals surface area (Å²) >= 11 is 0. The van der Waals surface area contributed by atoms with Gasteiger partial charge in [0.15, 0.2) is 0 Å². The van der Waals surface area contributed by atoms with Gasteiger partial charge in [-0.1, -0.05) is 12.1 Å². The topological polar surface area (TPSA) is 26.3 Å². The molecule has 0 aromatic heterocycles. The molecule has 1 aromatic carbocycles. The van der Waals surface area contributed by atoms with Crippen molar-refractivity contribution in [2.75, 3.05) is 0 Å². The number of hydrogen-bond acceptors (Lipinski definition) is 2. The van der Waals surface area contributed by atoms with E-state index in [1.54, 1.807) is 0 Å². The molecular weight excluding hydrogens is 266 g/mol. The number of esters is 1. The van der Waals surface area contributed by atoms with Crippen LogP contribution in [0, 0.1) is 5.82 Å². The second-order valence-electron chi connectivity index (χ2n) is 3.28. The van der Waals surface area contributed by atoms with Gasteiger partial charge in [-0.05, 0) is 17.7 Å². The number of halogens is 6. The Balaban J connectivity index is 2.67. The molecule has 2 nitrogen and oxygen atoms in total. The third-order valence-electron chi connectivity index (χ3n) is 1.87. The van der Waals surface area contributed by atoms with Gasteiger partial charge in [-0.2, -0.15) is 22.0 Å². The van der Waals surface area contributed by atoms with Crippen LogP contribution in [0.25, 0.3) is 0 Å². The van der Waals surface area contributed by atoms with Gasteiger partial charge in [0.05, 0.1) is 0 Å². The van der Waals surface area contributed by atoms with Crippen LogP contribution in [0.4, 0.5) is 26.3 Å². The van der Waals surface area contributed by atoms with Crippen LogP contribution in [0.15, 0.2) is 24.3 Å². The minimum Gasteiger partial charge on any atom is -0.456 e. The average molecular weight is 272 g/mol. The summed E-state index contributed by atoms with van der Waals surface area (Å²) in [6.07, 6.45) is -6.02. The van der Waals surface area contributed by atoms with Crippen molar-refractivity contribution in [3.63, 3.8) is 0 Å². The van der Waals surface area contributed by atoms with E-state index in [9.17, 15) is 31.1 Å². The van der Waals surface area contributed by atoms with Gasteiger partial charge in [-0.15, -0.1) is 0 Å². The van der Waals surface area contributed by atoms with E-state index >= 15 is 0 Å². The zero-order chi connectivity index (χ0) is 14.0. The van der Waals surface area contributed by atoms with Crippen LogP contribution in [-0.2, 0) is 16.1 Å². The van der Waals surface area contributed by atoms with Crippen LogP contribution in [0.1, 0.15) is 5.56 Å². The minimum absolute atomic E-state index is 0.0404. The van der Waals surface area contributed by atoms with Gasteiger partial charge in [-0.3, -0.25) is 0 Å². The Bertz CT molecular complexity index is 440. The van der Waals surface area contributed by atoms with Gasteiger partial charge in [0, 0.05) is 0 Å². The Hall–Kier alpha value is -1.73. The van der Waals surface area contributed by atoms with E-state index in [0.29, 0.717) is 0 Å². The molecule has 0 bridgehead atoms. The molecule has 1 rings (SSSR count). The maximum atomic E-state index is 12.6. The highest BCUT2D eigenvalue weighted by atomic mass is 19.4. The van der Waals surface area contributed by atoms with Gasteiger partial charge in [-0.25, -0.2) is 9.18 Å². The van der Waals surface area contributed by atoms with E-state index in [-0.39, 0.29) is 5.56 Å². The molecule has 8 heteroatoms. The smallest absolute Gasteiger partial charge is 0.456 e. The molecule has 0 spiro atoms. The van der Waals surface area contributed by atoms with E-state index < -0.39 is 30.5 Å². The number of rotatable bonds is 3. The lowest BCUT2D eigenvalue weighted by Crippen LogP contribution is -2.45. The highest BCUT2D eigenvalue weighted by Gasteiger charge is 2.64. The Kier molecular flexibility index (Phi) is 3.88. The van der Waals surface area contributed by atoms with Gasteiger partial charge in [0.25, 0.3) is 0 Å². The normalized spacial score (nSPS) is 12.3. The lowest BCUT2D eigenvalue weighted by molar-refractivity contribution is -0.281. The van der Waals surface area contributed by atoms with Crippen LogP contribution in [0.5, 0.6) is 0 Å². The molecule has 0 amide bonds. The lowest BCUT2D eigenvalue weighted by Gasteiger charge is -2.17. The summed E-state index contributed by atoms with van der Waals surface area (Å²) in [5, 5.41) is 0. The molecule has 0 heterocycles. The quantitative estimate of drug-likeness (QED) is 0.624. The Morgan fingerprint density at radius 1 is 1.17 bits per heavy atom. The molecule has 1 aromatic rings. The molecule has 0 atom stereocenters. The molecule has 0 N–H and O–H groups in total. The first-order valence-electron chi connectivity index (χ1n) is 4.51. The molecule has 100 valence electrons. The van der Waals surface area contributed by atoms with E-state index in [1.807, 2.05) is 0 Å². The maximum absolute atomic E-state index is 12.6. The van der Waals surface area contributed by atoms with E-state index in [1.165, 1.54) is 12.1 Å². The zero-order valence-corrected chi connectivity index (χ0v) is 8.60. The summed E-state index contributed by atoms with van der Waals surface area (Å²) in [6.45, 7) is -0.873. The fraction of sp³-hybridized carbons (Fsp3) is 0.300. The number of hydrogen-bond donors (Lipinski definition) is 0. The van der Waals surface area contributed by atoms with Crippen molar-refractivity contribution in [1.82, 2.24) is 0 Å². The molecule has 0 saturated carbocycles. The maximum Gasteiger partial charge on any atom is 0.465 e. The minimum atomic E-state index is -6.02. The summed E-state index contributed by atoms with van der Waals surface area (Å²) in [5.41, 5.74) is -0.0404. The van der Waals surface area contributed by atoms with Crippen molar-refractivity contribution < 1.29 is 35.9 Å². The largest absolute Gasteiger partial charge is 0.465 e. The Morgan fingerprint density at radius 2 is 1.78 bits per heavy atom. The highest BCUT2D eigenvalue weighted by molar-refractivity contribution is 5.78. The highest BCUT2D eigenvalue weighted by Crippen LogP contribution is 2.36. The standard InChI is InChI=1S/C10H6F6O2/c11-7-3-1-2-6(4-7)5-18-8(17)9(12,13)10(14,15)16/h1-4H,5H2.